The van der Waals surface area contributed by atoms with Gasteiger partial charge in [-0.1, -0.05) is 18.2 Å². The van der Waals surface area contributed by atoms with Crippen LogP contribution in [0, 0.1) is 11.3 Å². The zero-order chi connectivity index (χ0) is 21.4. The minimum atomic E-state index is -3.48. The zero-order valence-electron chi connectivity index (χ0n) is 16.8. The second kappa shape index (κ2) is 7.41. The van der Waals surface area contributed by atoms with Crippen LogP contribution in [0.4, 0.5) is 10.5 Å². The maximum atomic E-state index is 12.6. The van der Waals surface area contributed by atoms with Gasteiger partial charge in [-0.25, -0.2) is 13.2 Å². The normalized spacial score (nSPS) is 13.6. The predicted molar refractivity (Wildman–Crippen MR) is 111 cm³/mol. The Bertz CT molecular complexity index is 1110. The van der Waals surface area contributed by atoms with Gasteiger partial charge >= 0.3 is 6.09 Å². The molecule has 2 aromatic carbocycles. The lowest BCUT2D eigenvalue weighted by atomic mass is 9.93. The molecule has 0 radical (unpaired) electrons. The summed E-state index contributed by atoms with van der Waals surface area (Å²) < 4.78 is 31.5. The Morgan fingerprint density at radius 3 is 2.48 bits per heavy atom. The van der Waals surface area contributed by atoms with Gasteiger partial charge in [0.05, 0.1) is 24.4 Å². The molecule has 0 atom stereocenters. The van der Waals surface area contributed by atoms with Gasteiger partial charge < -0.3 is 4.74 Å². The minimum absolute atomic E-state index is 0.297. The van der Waals surface area contributed by atoms with E-state index in [4.69, 9.17) is 4.74 Å². The molecule has 1 N–H and O–H groups in total. The van der Waals surface area contributed by atoms with Crippen molar-refractivity contribution < 1.29 is 17.9 Å². The number of hydrogen-bond acceptors (Lipinski definition) is 5. The van der Waals surface area contributed by atoms with Gasteiger partial charge in [-0.05, 0) is 61.2 Å². The van der Waals surface area contributed by atoms with E-state index in [-0.39, 0.29) is 0 Å². The van der Waals surface area contributed by atoms with Gasteiger partial charge in [0.2, 0.25) is 10.0 Å². The van der Waals surface area contributed by atoms with E-state index < -0.39 is 21.7 Å². The molecule has 0 bridgehead atoms. The molecule has 0 saturated heterocycles. The number of anilines is 1. The van der Waals surface area contributed by atoms with Crippen LogP contribution in [0.5, 0.6) is 0 Å². The molecule has 0 unspecified atom stereocenters. The van der Waals surface area contributed by atoms with Crippen molar-refractivity contribution in [2.45, 2.75) is 39.5 Å². The van der Waals surface area contributed by atoms with Gasteiger partial charge in [-0.15, -0.1) is 0 Å². The molecule has 152 valence electrons. The average Bonchev–Trinajstić information content (AvgIpc) is 3.02. The smallest absolute Gasteiger partial charge is 0.410 e. The molecule has 1 aliphatic heterocycles. The van der Waals surface area contributed by atoms with E-state index in [1.165, 1.54) is 0 Å². The maximum absolute atomic E-state index is 12.6. The summed E-state index contributed by atoms with van der Waals surface area (Å²) >= 11 is 0. The number of rotatable bonds is 3. The third kappa shape index (κ3) is 4.87. The van der Waals surface area contributed by atoms with Crippen LogP contribution in [0.15, 0.2) is 36.4 Å². The quantitative estimate of drug-likeness (QED) is 0.824. The Kier molecular flexibility index (Phi) is 5.28. The number of sulfonamides is 1. The highest BCUT2D eigenvalue weighted by Gasteiger charge is 2.30. The molecule has 29 heavy (non-hydrogen) atoms. The standard InChI is InChI=1S/C21H23N3O4S/c1-21(2,3)28-20(25)24-12-15-9-16(23-29(4,26)27)10-18(19(15)13-24)17-8-6-5-7-14(17)11-22/h5-10,23H,12-13H2,1-4H3. The Hall–Kier alpha value is -3.05. The van der Waals surface area contributed by atoms with E-state index in [9.17, 15) is 18.5 Å². The topological polar surface area (TPSA) is 99.5 Å². The molecule has 3 rings (SSSR count). The van der Waals surface area contributed by atoms with Crippen LogP contribution in [0.3, 0.4) is 0 Å². The molecule has 7 nitrogen and oxygen atoms in total. The summed E-state index contributed by atoms with van der Waals surface area (Å²) in [6, 6.07) is 12.7. The van der Waals surface area contributed by atoms with Crippen LogP contribution in [-0.2, 0) is 27.8 Å². The summed E-state index contributed by atoms with van der Waals surface area (Å²) in [5.74, 6) is 0. The van der Waals surface area contributed by atoms with Gasteiger partial charge in [-0.2, -0.15) is 5.26 Å². The number of fused-ring (bicyclic) bond motifs is 1. The molecule has 0 saturated carbocycles. The van der Waals surface area contributed by atoms with Crippen molar-refractivity contribution >= 4 is 21.8 Å². The highest BCUT2D eigenvalue weighted by Crippen LogP contribution is 2.37. The highest BCUT2D eigenvalue weighted by atomic mass is 32.2. The van der Waals surface area contributed by atoms with Crippen LogP contribution in [0.25, 0.3) is 11.1 Å². The fourth-order valence-corrected chi connectivity index (χ4v) is 3.84. The second-order valence-corrected chi connectivity index (χ2v) is 9.78. The Morgan fingerprint density at radius 2 is 1.86 bits per heavy atom. The van der Waals surface area contributed by atoms with Crippen molar-refractivity contribution in [3.05, 3.63) is 53.1 Å². The fourth-order valence-electron chi connectivity index (χ4n) is 3.30. The molecule has 8 heteroatoms. The lowest BCUT2D eigenvalue weighted by Gasteiger charge is -2.24. The van der Waals surface area contributed by atoms with E-state index in [0.29, 0.717) is 29.9 Å². The number of nitrogens with zero attached hydrogens (tertiary/aromatic N) is 2. The van der Waals surface area contributed by atoms with Gasteiger partial charge in [-0.3, -0.25) is 9.62 Å². The minimum Gasteiger partial charge on any atom is -0.444 e. The van der Waals surface area contributed by atoms with E-state index in [1.807, 2.05) is 12.1 Å². The van der Waals surface area contributed by atoms with E-state index in [1.54, 1.807) is 49.9 Å². The molecule has 1 heterocycles. The number of nitriles is 1. The summed E-state index contributed by atoms with van der Waals surface area (Å²) in [5, 5.41) is 9.51. The second-order valence-electron chi connectivity index (χ2n) is 8.03. The summed E-state index contributed by atoms with van der Waals surface area (Å²) in [6.45, 7) is 6.02. The monoisotopic (exact) mass is 413 g/mol. The van der Waals surface area contributed by atoms with Crippen LogP contribution in [-0.4, -0.2) is 31.3 Å². The first-order chi connectivity index (χ1) is 13.5. The van der Waals surface area contributed by atoms with Gasteiger partial charge in [0.15, 0.2) is 0 Å². The van der Waals surface area contributed by atoms with Gasteiger partial charge in [0.1, 0.15) is 5.60 Å². The van der Waals surface area contributed by atoms with Crippen molar-refractivity contribution in [3.8, 4) is 17.2 Å². The lowest BCUT2D eigenvalue weighted by molar-refractivity contribution is 0.0242. The summed E-state index contributed by atoms with van der Waals surface area (Å²) in [6.07, 6.45) is 0.640. The summed E-state index contributed by atoms with van der Waals surface area (Å²) in [5.41, 5.74) is 3.34. The molecule has 0 aliphatic carbocycles. The van der Waals surface area contributed by atoms with Crippen molar-refractivity contribution in [3.63, 3.8) is 0 Å². The lowest BCUT2D eigenvalue weighted by Crippen LogP contribution is -2.33. The molecule has 0 aromatic heterocycles. The van der Waals surface area contributed by atoms with Gasteiger partial charge in [0, 0.05) is 12.2 Å². The number of carbonyl (C=O) groups excluding carboxylic acids is 1. The number of nitrogens with one attached hydrogen (secondary N) is 1. The van der Waals surface area contributed by atoms with Crippen LogP contribution in [0.1, 0.15) is 37.5 Å². The largest absolute Gasteiger partial charge is 0.444 e. The summed E-state index contributed by atoms with van der Waals surface area (Å²) in [4.78, 5) is 14.1. The number of hydrogen-bond donors (Lipinski definition) is 1. The van der Waals surface area contributed by atoms with Crippen LogP contribution >= 0.6 is 0 Å². The predicted octanol–water partition coefficient (Wildman–Crippen LogP) is 3.85. The number of ether oxygens (including phenoxy) is 1. The van der Waals surface area contributed by atoms with Crippen LogP contribution in [0.2, 0.25) is 0 Å². The van der Waals surface area contributed by atoms with E-state index in [0.717, 1.165) is 22.9 Å². The molecule has 0 fully saturated rings. The average molecular weight is 413 g/mol. The molecule has 0 spiro atoms. The molecular weight excluding hydrogens is 390 g/mol. The molecular formula is C21H23N3O4S. The highest BCUT2D eigenvalue weighted by molar-refractivity contribution is 7.92. The maximum Gasteiger partial charge on any atom is 0.410 e. The first kappa shape index (κ1) is 20.7. The van der Waals surface area contributed by atoms with E-state index >= 15 is 0 Å². The van der Waals surface area contributed by atoms with Crippen molar-refractivity contribution in [2.75, 3.05) is 11.0 Å². The van der Waals surface area contributed by atoms with Gasteiger partial charge in [0.25, 0.3) is 0 Å². The Balaban J connectivity index is 2.08. The third-order valence-corrected chi connectivity index (χ3v) is 4.95. The number of carbonyl (C=O) groups is 1. The molecule has 1 aliphatic rings. The molecule has 1 amide bonds. The van der Waals surface area contributed by atoms with Crippen molar-refractivity contribution in [1.29, 1.82) is 5.26 Å². The first-order valence-corrected chi connectivity index (χ1v) is 11.0. The molecule has 2 aromatic rings. The SMILES string of the molecule is CC(C)(C)OC(=O)N1Cc2cc(NS(C)(=O)=O)cc(-c3ccccc3C#N)c2C1. The third-order valence-electron chi connectivity index (χ3n) is 4.35. The van der Waals surface area contributed by atoms with Crippen molar-refractivity contribution in [1.82, 2.24) is 4.90 Å². The van der Waals surface area contributed by atoms with Crippen molar-refractivity contribution in [2.24, 2.45) is 0 Å². The Labute approximate surface area is 171 Å². The first-order valence-electron chi connectivity index (χ1n) is 9.08. The van der Waals surface area contributed by atoms with E-state index in [2.05, 4.69) is 10.8 Å². The summed E-state index contributed by atoms with van der Waals surface area (Å²) in [7, 11) is -3.48. The number of amides is 1. The fraction of sp³-hybridized carbons (Fsp3) is 0.333. The Morgan fingerprint density at radius 1 is 1.17 bits per heavy atom. The zero-order valence-corrected chi connectivity index (χ0v) is 17.6. The van der Waals surface area contributed by atoms with Crippen LogP contribution < -0.4 is 4.72 Å². The number of benzene rings is 2.